The fraction of sp³-hybridized carbons (Fsp3) is 0.375. The van der Waals surface area contributed by atoms with Gasteiger partial charge >= 0.3 is 0 Å². The Labute approximate surface area is 181 Å². The molecule has 160 valence electrons. The Morgan fingerprint density at radius 3 is 2.94 bits per heavy atom. The van der Waals surface area contributed by atoms with Crippen LogP contribution in [0.5, 0.6) is 5.75 Å². The van der Waals surface area contributed by atoms with Gasteiger partial charge in [-0.3, -0.25) is 4.79 Å². The molecule has 0 saturated carbocycles. The molecule has 0 unspecified atom stereocenters. The van der Waals surface area contributed by atoms with E-state index in [0.717, 1.165) is 29.7 Å². The van der Waals surface area contributed by atoms with E-state index in [1.165, 1.54) is 0 Å². The van der Waals surface area contributed by atoms with E-state index in [4.69, 9.17) is 14.7 Å². The third kappa shape index (κ3) is 5.04. The highest BCUT2D eigenvalue weighted by molar-refractivity contribution is 5.94. The number of carbonyl (C=O) groups excluding carboxylic acids is 1. The molecule has 0 N–H and O–H groups in total. The van der Waals surface area contributed by atoms with Crippen LogP contribution in [0.1, 0.15) is 40.9 Å². The van der Waals surface area contributed by atoms with Crippen molar-refractivity contribution < 1.29 is 14.3 Å². The third-order valence-electron chi connectivity index (χ3n) is 5.47. The molecular formula is C24H26N4O3. The number of nitrogens with zero attached hydrogens (tertiary/aromatic N) is 4. The van der Waals surface area contributed by atoms with Crippen LogP contribution in [-0.2, 0) is 11.3 Å². The molecule has 31 heavy (non-hydrogen) atoms. The van der Waals surface area contributed by atoms with Crippen molar-refractivity contribution in [3.05, 3.63) is 65.6 Å². The zero-order valence-corrected chi connectivity index (χ0v) is 17.7. The lowest BCUT2D eigenvalue weighted by molar-refractivity contribution is 0.0296. The summed E-state index contributed by atoms with van der Waals surface area (Å²) >= 11 is 0. The summed E-state index contributed by atoms with van der Waals surface area (Å²) in [4.78, 5) is 19.6. The standard InChI is InChI=1S/C24H26N4O3/c1-18-6-7-23-26-20(16-27(23)15-18)17-31-22-5-2-4-19(14-22)24(29)28(11-3-10-25)21-8-12-30-13-9-21/h2,4-7,14-16,21H,3,8-9,11-13,17H2,1H3. The van der Waals surface area contributed by atoms with Crippen LogP contribution >= 0.6 is 0 Å². The molecule has 3 aromatic rings. The van der Waals surface area contributed by atoms with Gasteiger partial charge in [0.05, 0.1) is 18.2 Å². The van der Waals surface area contributed by atoms with E-state index in [1.54, 1.807) is 12.1 Å². The number of hydrogen-bond acceptors (Lipinski definition) is 5. The highest BCUT2D eigenvalue weighted by atomic mass is 16.5. The number of aromatic nitrogens is 2. The SMILES string of the molecule is Cc1ccc2nc(COc3cccc(C(=O)N(CCC#N)C4CCOCC4)c3)cn2c1. The van der Waals surface area contributed by atoms with Crippen molar-refractivity contribution in [3.8, 4) is 11.8 Å². The van der Waals surface area contributed by atoms with E-state index < -0.39 is 0 Å². The fourth-order valence-corrected chi connectivity index (χ4v) is 3.88. The van der Waals surface area contributed by atoms with E-state index in [2.05, 4.69) is 11.1 Å². The molecule has 7 heteroatoms. The molecule has 0 bridgehead atoms. The van der Waals surface area contributed by atoms with Gasteiger partial charge in [0, 0.05) is 43.8 Å². The second kappa shape index (κ2) is 9.63. The van der Waals surface area contributed by atoms with Crippen molar-refractivity contribution in [3.63, 3.8) is 0 Å². The molecule has 0 aliphatic carbocycles. The maximum atomic E-state index is 13.2. The van der Waals surface area contributed by atoms with E-state index in [-0.39, 0.29) is 11.9 Å². The molecule has 0 spiro atoms. The fourth-order valence-electron chi connectivity index (χ4n) is 3.88. The predicted molar refractivity (Wildman–Crippen MR) is 116 cm³/mol. The van der Waals surface area contributed by atoms with Gasteiger partial charge in [0.15, 0.2) is 0 Å². The second-order valence-electron chi connectivity index (χ2n) is 7.77. The quantitative estimate of drug-likeness (QED) is 0.584. The van der Waals surface area contributed by atoms with E-state index in [9.17, 15) is 4.79 Å². The summed E-state index contributed by atoms with van der Waals surface area (Å²) < 4.78 is 13.3. The largest absolute Gasteiger partial charge is 0.487 e. The number of aryl methyl sites for hydroxylation is 1. The van der Waals surface area contributed by atoms with Crippen molar-refractivity contribution in [2.24, 2.45) is 0 Å². The number of pyridine rings is 1. The Balaban J connectivity index is 1.46. The van der Waals surface area contributed by atoms with Crippen LogP contribution < -0.4 is 4.74 Å². The molecule has 3 heterocycles. The Hall–Kier alpha value is -3.37. The maximum Gasteiger partial charge on any atom is 0.254 e. The first-order valence-electron chi connectivity index (χ1n) is 10.6. The molecule has 7 nitrogen and oxygen atoms in total. The number of benzene rings is 1. The maximum absolute atomic E-state index is 13.2. The summed E-state index contributed by atoms with van der Waals surface area (Å²) in [5, 5.41) is 9.02. The average molecular weight is 418 g/mol. The second-order valence-corrected chi connectivity index (χ2v) is 7.77. The molecule has 1 amide bonds. The summed E-state index contributed by atoms with van der Waals surface area (Å²) in [6.07, 6.45) is 5.87. The lowest BCUT2D eigenvalue weighted by Crippen LogP contribution is -2.44. The number of amides is 1. The van der Waals surface area contributed by atoms with Crippen molar-refractivity contribution in [2.75, 3.05) is 19.8 Å². The van der Waals surface area contributed by atoms with E-state index in [0.29, 0.717) is 44.1 Å². The number of ether oxygens (including phenoxy) is 2. The smallest absolute Gasteiger partial charge is 0.254 e. The van der Waals surface area contributed by atoms with Gasteiger partial charge in [-0.2, -0.15) is 5.26 Å². The van der Waals surface area contributed by atoms with Crippen LogP contribution in [0.3, 0.4) is 0 Å². The molecule has 0 atom stereocenters. The minimum absolute atomic E-state index is 0.0733. The molecule has 0 radical (unpaired) electrons. The van der Waals surface area contributed by atoms with Gasteiger partial charge in [0.2, 0.25) is 0 Å². The van der Waals surface area contributed by atoms with Gasteiger partial charge in [-0.15, -0.1) is 0 Å². The Bertz CT molecular complexity index is 1100. The molecule has 4 rings (SSSR count). The van der Waals surface area contributed by atoms with Crippen molar-refractivity contribution in [1.29, 1.82) is 5.26 Å². The van der Waals surface area contributed by atoms with Crippen molar-refractivity contribution >= 4 is 11.6 Å². The van der Waals surface area contributed by atoms with Crippen molar-refractivity contribution in [2.45, 2.75) is 38.8 Å². The van der Waals surface area contributed by atoms with Crippen LogP contribution in [0.25, 0.3) is 5.65 Å². The first-order chi connectivity index (χ1) is 15.1. The van der Waals surface area contributed by atoms with E-state index in [1.807, 2.05) is 52.9 Å². The number of imidazole rings is 1. The monoisotopic (exact) mass is 418 g/mol. The average Bonchev–Trinajstić information content (AvgIpc) is 3.21. The summed E-state index contributed by atoms with van der Waals surface area (Å²) in [7, 11) is 0. The van der Waals surface area contributed by atoms with Crippen LogP contribution in [0.2, 0.25) is 0 Å². The predicted octanol–water partition coefficient (Wildman–Crippen LogP) is 3.76. The van der Waals surface area contributed by atoms with Gasteiger partial charge in [0.1, 0.15) is 18.0 Å². The zero-order valence-electron chi connectivity index (χ0n) is 17.7. The zero-order chi connectivity index (χ0) is 21.6. The number of fused-ring (bicyclic) bond motifs is 1. The summed E-state index contributed by atoms with van der Waals surface area (Å²) in [5.41, 5.74) is 3.42. The van der Waals surface area contributed by atoms with Crippen LogP contribution in [0, 0.1) is 18.3 Å². The van der Waals surface area contributed by atoms with Crippen molar-refractivity contribution in [1.82, 2.24) is 14.3 Å². The molecule has 2 aromatic heterocycles. The topological polar surface area (TPSA) is 79.9 Å². The first-order valence-corrected chi connectivity index (χ1v) is 10.6. The van der Waals surface area contributed by atoms with Crippen LogP contribution in [0.4, 0.5) is 0 Å². The Kier molecular flexibility index (Phi) is 6.48. The number of rotatable bonds is 7. The molecule has 1 aliphatic heterocycles. The lowest BCUT2D eigenvalue weighted by Gasteiger charge is -2.34. The van der Waals surface area contributed by atoms with Crippen LogP contribution in [-0.4, -0.2) is 46.0 Å². The van der Waals surface area contributed by atoms with Gasteiger partial charge in [-0.05, 0) is 49.6 Å². The minimum atomic E-state index is -0.0733. The van der Waals surface area contributed by atoms with Crippen LogP contribution in [0.15, 0.2) is 48.8 Å². The van der Waals surface area contributed by atoms with Gasteiger partial charge in [0.25, 0.3) is 5.91 Å². The Morgan fingerprint density at radius 2 is 2.13 bits per heavy atom. The molecular weight excluding hydrogens is 392 g/mol. The van der Waals surface area contributed by atoms with Gasteiger partial charge in [-0.1, -0.05) is 12.1 Å². The summed E-state index contributed by atoms with van der Waals surface area (Å²) in [6, 6.07) is 13.5. The number of nitriles is 1. The van der Waals surface area contributed by atoms with E-state index >= 15 is 0 Å². The molecule has 1 saturated heterocycles. The summed E-state index contributed by atoms with van der Waals surface area (Å²) in [5.74, 6) is 0.544. The normalized spacial score (nSPS) is 14.3. The summed E-state index contributed by atoms with van der Waals surface area (Å²) in [6.45, 7) is 4.06. The lowest BCUT2D eigenvalue weighted by atomic mass is 10.0. The molecule has 1 fully saturated rings. The van der Waals surface area contributed by atoms with Gasteiger partial charge < -0.3 is 18.8 Å². The highest BCUT2D eigenvalue weighted by Crippen LogP contribution is 2.21. The number of hydrogen-bond donors (Lipinski definition) is 0. The number of carbonyl (C=O) groups is 1. The Morgan fingerprint density at radius 1 is 1.29 bits per heavy atom. The minimum Gasteiger partial charge on any atom is -0.487 e. The third-order valence-corrected chi connectivity index (χ3v) is 5.47. The highest BCUT2D eigenvalue weighted by Gasteiger charge is 2.26. The van der Waals surface area contributed by atoms with Gasteiger partial charge in [-0.25, -0.2) is 4.98 Å². The molecule has 1 aromatic carbocycles. The molecule has 1 aliphatic rings. The first kappa shape index (κ1) is 20.9.